The number of carbonyl (C=O) groups is 2. The molecule has 1 N–H and O–H groups in total. The molecule has 2 aromatic rings. The number of aromatic nitrogens is 2. The first kappa shape index (κ1) is 20.8. The molecule has 0 spiro atoms. The van der Waals surface area contributed by atoms with Crippen molar-refractivity contribution in [2.75, 3.05) is 0 Å². The number of nitrogens with one attached hydrogen (secondary N) is 1. The molecule has 2 aromatic heterocycles. The van der Waals surface area contributed by atoms with Gasteiger partial charge in [0.15, 0.2) is 5.17 Å². The Morgan fingerprint density at radius 2 is 2.03 bits per heavy atom. The number of carbonyl (C=O) groups excluding carboxylic acids is 2. The molecule has 0 unspecified atom stereocenters. The van der Waals surface area contributed by atoms with Crippen molar-refractivity contribution in [3.05, 3.63) is 35.0 Å². The highest BCUT2D eigenvalue weighted by atomic mass is 32.2. The quantitative estimate of drug-likeness (QED) is 0.760. The molecule has 9 heteroatoms. The predicted octanol–water partition coefficient (Wildman–Crippen LogP) is 3.91. The van der Waals surface area contributed by atoms with Crippen LogP contribution in [0.5, 0.6) is 5.75 Å². The molecule has 0 aromatic carbocycles. The van der Waals surface area contributed by atoms with Gasteiger partial charge in [-0.05, 0) is 64.6 Å². The standard InChI is InChI=1S/C20H22N4O4S/c1-11(2)27-14-8-9-21-13-7-6-12(22-16(13)14)10-15-17(25)23-18(29-15)24-19(26)28-20(3,4)5/h6-11H,1-5H3,(H,23,24,25,26)/b15-10-. The maximum atomic E-state index is 12.2. The van der Waals surface area contributed by atoms with Crippen molar-refractivity contribution in [2.45, 2.75) is 46.3 Å². The number of fused-ring (bicyclic) bond motifs is 1. The maximum Gasteiger partial charge on any atom is 0.436 e. The minimum Gasteiger partial charge on any atom is -0.489 e. The van der Waals surface area contributed by atoms with Gasteiger partial charge in [-0.25, -0.2) is 9.78 Å². The number of amides is 2. The Kier molecular flexibility index (Phi) is 5.88. The average molecular weight is 414 g/mol. The number of rotatable bonds is 3. The summed E-state index contributed by atoms with van der Waals surface area (Å²) in [7, 11) is 0. The summed E-state index contributed by atoms with van der Waals surface area (Å²) >= 11 is 1.05. The van der Waals surface area contributed by atoms with E-state index in [1.165, 1.54) is 0 Å². The summed E-state index contributed by atoms with van der Waals surface area (Å²) in [5.74, 6) is 0.269. The molecule has 0 atom stereocenters. The van der Waals surface area contributed by atoms with Crippen LogP contribution in [0.1, 0.15) is 40.3 Å². The van der Waals surface area contributed by atoms with Crippen molar-refractivity contribution in [1.29, 1.82) is 0 Å². The van der Waals surface area contributed by atoms with E-state index in [1.54, 1.807) is 45.2 Å². The third-order valence-corrected chi connectivity index (χ3v) is 4.36. The number of amidine groups is 1. The van der Waals surface area contributed by atoms with E-state index in [0.717, 1.165) is 11.8 Å². The third kappa shape index (κ3) is 5.54. The molecule has 1 fully saturated rings. The Morgan fingerprint density at radius 3 is 2.72 bits per heavy atom. The van der Waals surface area contributed by atoms with Gasteiger partial charge in [0.25, 0.3) is 5.91 Å². The van der Waals surface area contributed by atoms with Crippen LogP contribution in [0, 0.1) is 0 Å². The van der Waals surface area contributed by atoms with Crippen LogP contribution in [0.15, 0.2) is 34.3 Å². The van der Waals surface area contributed by atoms with Crippen LogP contribution in [0.25, 0.3) is 17.1 Å². The van der Waals surface area contributed by atoms with Gasteiger partial charge in [-0.1, -0.05) is 0 Å². The molecule has 0 aliphatic carbocycles. The van der Waals surface area contributed by atoms with Crippen molar-refractivity contribution in [2.24, 2.45) is 4.99 Å². The van der Waals surface area contributed by atoms with Crippen molar-refractivity contribution in [1.82, 2.24) is 15.3 Å². The number of hydrogen-bond donors (Lipinski definition) is 1. The summed E-state index contributed by atoms with van der Waals surface area (Å²) in [5.41, 5.74) is 1.21. The van der Waals surface area contributed by atoms with Gasteiger partial charge < -0.3 is 14.8 Å². The van der Waals surface area contributed by atoms with Gasteiger partial charge >= 0.3 is 6.09 Å². The van der Waals surface area contributed by atoms with Crippen LogP contribution in [0.4, 0.5) is 4.79 Å². The summed E-state index contributed by atoms with van der Waals surface area (Å²) < 4.78 is 10.9. The number of ether oxygens (including phenoxy) is 2. The van der Waals surface area contributed by atoms with Crippen molar-refractivity contribution in [3.63, 3.8) is 0 Å². The lowest BCUT2D eigenvalue weighted by Gasteiger charge is -2.17. The molecule has 1 aliphatic heterocycles. The molecule has 0 bridgehead atoms. The summed E-state index contributed by atoms with van der Waals surface area (Å²) in [6, 6.07) is 5.34. The molecule has 0 saturated carbocycles. The van der Waals surface area contributed by atoms with Crippen LogP contribution in [-0.2, 0) is 9.53 Å². The number of nitrogens with zero attached hydrogens (tertiary/aromatic N) is 3. The average Bonchev–Trinajstić information content (AvgIpc) is 2.92. The number of thioether (sulfide) groups is 1. The second-order valence-corrected chi connectivity index (χ2v) is 8.57. The highest BCUT2D eigenvalue weighted by Crippen LogP contribution is 2.28. The molecular weight excluding hydrogens is 392 g/mol. The van der Waals surface area contributed by atoms with Crippen molar-refractivity contribution >= 4 is 46.0 Å². The fourth-order valence-electron chi connectivity index (χ4n) is 2.43. The number of pyridine rings is 2. The lowest BCUT2D eigenvalue weighted by Crippen LogP contribution is -2.25. The second-order valence-electron chi connectivity index (χ2n) is 7.54. The highest BCUT2D eigenvalue weighted by Gasteiger charge is 2.26. The summed E-state index contributed by atoms with van der Waals surface area (Å²) in [4.78, 5) is 37.1. The van der Waals surface area contributed by atoms with Crippen LogP contribution >= 0.6 is 11.8 Å². The smallest absolute Gasteiger partial charge is 0.436 e. The molecular formula is C20H22N4O4S. The van der Waals surface area contributed by atoms with Gasteiger partial charge in [0.1, 0.15) is 16.9 Å². The minimum absolute atomic E-state index is 0.00722. The zero-order valence-electron chi connectivity index (χ0n) is 16.8. The van der Waals surface area contributed by atoms with E-state index < -0.39 is 11.7 Å². The molecule has 2 amide bonds. The van der Waals surface area contributed by atoms with Crippen LogP contribution in [0.2, 0.25) is 0 Å². The molecule has 152 valence electrons. The van der Waals surface area contributed by atoms with E-state index in [2.05, 4.69) is 20.3 Å². The number of aliphatic imine (C=N–C) groups is 1. The Hall–Kier alpha value is -2.94. The largest absolute Gasteiger partial charge is 0.489 e. The lowest BCUT2D eigenvalue weighted by atomic mass is 10.2. The van der Waals surface area contributed by atoms with E-state index in [1.807, 2.05) is 19.9 Å². The van der Waals surface area contributed by atoms with E-state index in [4.69, 9.17) is 9.47 Å². The Morgan fingerprint density at radius 1 is 1.28 bits per heavy atom. The molecule has 0 radical (unpaired) electrons. The van der Waals surface area contributed by atoms with E-state index >= 15 is 0 Å². The Balaban J connectivity index is 1.85. The summed E-state index contributed by atoms with van der Waals surface area (Å²) in [5, 5.41) is 2.72. The highest BCUT2D eigenvalue weighted by molar-refractivity contribution is 8.18. The lowest BCUT2D eigenvalue weighted by molar-refractivity contribution is -0.115. The molecule has 1 aliphatic rings. The summed E-state index contributed by atoms with van der Waals surface area (Å²) in [6.45, 7) is 9.10. The van der Waals surface area contributed by atoms with Crippen LogP contribution in [-0.4, -0.2) is 38.8 Å². The van der Waals surface area contributed by atoms with Gasteiger partial charge in [0.05, 0.1) is 22.2 Å². The fraction of sp³-hybridized carbons (Fsp3) is 0.350. The van der Waals surface area contributed by atoms with E-state index in [-0.39, 0.29) is 17.2 Å². The van der Waals surface area contributed by atoms with Crippen molar-refractivity contribution in [3.8, 4) is 5.75 Å². The zero-order valence-corrected chi connectivity index (χ0v) is 17.7. The van der Waals surface area contributed by atoms with Crippen LogP contribution < -0.4 is 10.1 Å². The van der Waals surface area contributed by atoms with Gasteiger partial charge in [-0.15, -0.1) is 0 Å². The first-order valence-corrected chi connectivity index (χ1v) is 9.87. The van der Waals surface area contributed by atoms with E-state index in [0.29, 0.717) is 27.4 Å². The van der Waals surface area contributed by atoms with Gasteiger partial charge in [-0.3, -0.25) is 9.78 Å². The second kappa shape index (κ2) is 8.20. The Bertz CT molecular complexity index is 1020. The van der Waals surface area contributed by atoms with Gasteiger partial charge in [-0.2, -0.15) is 4.99 Å². The molecule has 3 rings (SSSR count). The van der Waals surface area contributed by atoms with Gasteiger partial charge in [0.2, 0.25) is 0 Å². The molecule has 1 saturated heterocycles. The first-order chi connectivity index (χ1) is 13.6. The van der Waals surface area contributed by atoms with Crippen molar-refractivity contribution < 1.29 is 19.1 Å². The SMILES string of the molecule is CC(C)Oc1ccnc2ccc(/C=C3\S/C(=N\C(=O)OC(C)(C)C)NC3=O)nc12. The first-order valence-electron chi connectivity index (χ1n) is 9.06. The third-order valence-electron chi connectivity index (χ3n) is 3.45. The molecule has 29 heavy (non-hydrogen) atoms. The van der Waals surface area contributed by atoms with E-state index in [9.17, 15) is 9.59 Å². The fourth-order valence-corrected chi connectivity index (χ4v) is 3.22. The summed E-state index contributed by atoms with van der Waals surface area (Å²) in [6.07, 6.45) is 2.53. The maximum absolute atomic E-state index is 12.2. The molecule has 8 nitrogen and oxygen atoms in total. The zero-order chi connectivity index (χ0) is 21.2. The minimum atomic E-state index is -0.757. The molecule has 3 heterocycles. The topological polar surface area (TPSA) is 103 Å². The normalized spacial score (nSPS) is 17.2. The Labute approximate surface area is 172 Å². The predicted molar refractivity (Wildman–Crippen MR) is 113 cm³/mol. The van der Waals surface area contributed by atoms with Crippen LogP contribution in [0.3, 0.4) is 0 Å². The van der Waals surface area contributed by atoms with Gasteiger partial charge in [0, 0.05) is 12.3 Å². The monoisotopic (exact) mass is 414 g/mol. The number of hydrogen-bond acceptors (Lipinski definition) is 7.